The molecule has 1 aromatic heterocycles. The standard InChI is InChI=1S/C14H16N2O3/c1-8-16-10-4-3-9(7-11(10)19-8)12(15)14(5-6-14)13(17)18-2/h3-4,7,12H,5-6,15H2,1-2H3. The Labute approximate surface area is 110 Å². The van der Waals surface area contributed by atoms with E-state index < -0.39 is 5.41 Å². The highest BCUT2D eigenvalue weighted by atomic mass is 16.5. The Bertz CT molecular complexity index is 643. The number of nitrogens with two attached hydrogens (primary N) is 1. The molecule has 0 saturated heterocycles. The molecule has 1 aromatic carbocycles. The number of rotatable bonds is 3. The molecular weight excluding hydrogens is 244 g/mol. The first kappa shape index (κ1) is 12.2. The van der Waals surface area contributed by atoms with Crippen LogP contribution in [0.5, 0.6) is 0 Å². The van der Waals surface area contributed by atoms with Crippen LogP contribution < -0.4 is 5.73 Å². The Morgan fingerprint density at radius 1 is 1.53 bits per heavy atom. The lowest BCUT2D eigenvalue weighted by atomic mass is 9.91. The third-order valence-corrected chi connectivity index (χ3v) is 3.85. The maximum absolute atomic E-state index is 11.8. The molecule has 1 heterocycles. The lowest BCUT2D eigenvalue weighted by molar-refractivity contribution is -0.148. The summed E-state index contributed by atoms with van der Waals surface area (Å²) in [6, 6.07) is 5.27. The highest BCUT2D eigenvalue weighted by Crippen LogP contribution is 2.54. The van der Waals surface area contributed by atoms with Gasteiger partial charge < -0.3 is 14.9 Å². The Balaban J connectivity index is 1.97. The number of esters is 1. The van der Waals surface area contributed by atoms with Crippen LogP contribution in [-0.4, -0.2) is 18.1 Å². The van der Waals surface area contributed by atoms with Gasteiger partial charge in [-0.2, -0.15) is 0 Å². The molecule has 19 heavy (non-hydrogen) atoms. The third kappa shape index (κ3) is 1.81. The molecule has 1 aliphatic carbocycles. The molecule has 2 aromatic rings. The van der Waals surface area contributed by atoms with Gasteiger partial charge in [0.05, 0.1) is 12.5 Å². The van der Waals surface area contributed by atoms with Crippen LogP contribution in [0.25, 0.3) is 11.1 Å². The topological polar surface area (TPSA) is 78.4 Å². The molecule has 1 atom stereocenters. The van der Waals surface area contributed by atoms with Crippen molar-refractivity contribution in [1.82, 2.24) is 4.98 Å². The van der Waals surface area contributed by atoms with Gasteiger partial charge in [-0.25, -0.2) is 4.98 Å². The van der Waals surface area contributed by atoms with E-state index in [0.29, 0.717) is 11.5 Å². The van der Waals surface area contributed by atoms with Crippen LogP contribution >= 0.6 is 0 Å². The van der Waals surface area contributed by atoms with Gasteiger partial charge in [-0.1, -0.05) is 6.07 Å². The van der Waals surface area contributed by atoms with Crippen LogP contribution in [0.1, 0.15) is 30.3 Å². The van der Waals surface area contributed by atoms with Gasteiger partial charge in [0.25, 0.3) is 0 Å². The zero-order chi connectivity index (χ0) is 13.6. The van der Waals surface area contributed by atoms with E-state index in [1.54, 1.807) is 6.92 Å². The molecule has 0 radical (unpaired) electrons. The Morgan fingerprint density at radius 2 is 2.26 bits per heavy atom. The summed E-state index contributed by atoms with van der Waals surface area (Å²) in [6.07, 6.45) is 1.54. The maximum atomic E-state index is 11.8. The second-order valence-corrected chi connectivity index (χ2v) is 5.09. The molecule has 0 aliphatic heterocycles. The van der Waals surface area contributed by atoms with Gasteiger partial charge in [-0.05, 0) is 30.5 Å². The summed E-state index contributed by atoms with van der Waals surface area (Å²) in [4.78, 5) is 16.1. The third-order valence-electron chi connectivity index (χ3n) is 3.85. The van der Waals surface area contributed by atoms with Crippen molar-refractivity contribution in [3.8, 4) is 0 Å². The van der Waals surface area contributed by atoms with Crippen LogP contribution in [0.3, 0.4) is 0 Å². The number of benzene rings is 1. The van der Waals surface area contributed by atoms with E-state index in [1.807, 2.05) is 18.2 Å². The monoisotopic (exact) mass is 260 g/mol. The highest BCUT2D eigenvalue weighted by Gasteiger charge is 2.56. The van der Waals surface area contributed by atoms with Gasteiger partial charge in [0, 0.05) is 13.0 Å². The average molecular weight is 260 g/mol. The normalized spacial score (nSPS) is 18.3. The van der Waals surface area contributed by atoms with Crippen molar-refractivity contribution in [2.75, 3.05) is 7.11 Å². The van der Waals surface area contributed by atoms with E-state index in [2.05, 4.69) is 4.98 Å². The van der Waals surface area contributed by atoms with Crippen LogP contribution in [0.2, 0.25) is 0 Å². The molecule has 0 spiro atoms. The molecule has 1 fully saturated rings. The zero-order valence-electron chi connectivity index (χ0n) is 11.0. The van der Waals surface area contributed by atoms with Gasteiger partial charge in [0.1, 0.15) is 5.52 Å². The molecule has 0 bridgehead atoms. The largest absolute Gasteiger partial charge is 0.469 e. The molecule has 5 nitrogen and oxygen atoms in total. The summed E-state index contributed by atoms with van der Waals surface area (Å²) < 4.78 is 10.4. The molecule has 2 N–H and O–H groups in total. The van der Waals surface area contributed by atoms with Crippen molar-refractivity contribution in [3.05, 3.63) is 29.7 Å². The molecule has 0 amide bonds. The zero-order valence-corrected chi connectivity index (χ0v) is 11.0. The van der Waals surface area contributed by atoms with Gasteiger partial charge in [-0.15, -0.1) is 0 Å². The van der Waals surface area contributed by atoms with Crippen LogP contribution in [0.15, 0.2) is 22.6 Å². The number of nitrogens with zero attached hydrogens (tertiary/aromatic N) is 1. The van der Waals surface area contributed by atoms with E-state index in [-0.39, 0.29) is 12.0 Å². The SMILES string of the molecule is COC(=O)C1(C(N)c2ccc3nc(C)oc3c2)CC1. The van der Waals surface area contributed by atoms with Crippen molar-refractivity contribution in [2.45, 2.75) is 25.8 Å². The average Bonchev–Trinajstić information content (AvgIpc) is 3.13. The number of hydrogen-bond acceptors (Lipinski definition) is 5. The highest BCUT2D eigenvalue weighted by molar-refractivity contribution is 5.81. The first-order valence-corrected chi connectivity index (χ1v) is 6.28. The lowest BCUT2D eigenvalue weighted by Crippen LogP contribution is -2.31. The Kier molecular flexibility index (Phi) is 2.60. The Hall–Kier alpha value is -1.88. The molecule has 1 aliphatic rings. The quantitative estimate of drug-likeness (QED) is 0.855. The molecule has 3 rings (SSSR count). The summed E-state index contributed by atoms with van der Waals surface area (Å²) in [5.41, 5.74) is 8.07. The summed E-state index contributed by atoms with van der Waals surface area (Å²) in [5, 5.41) is 0. The number of methoxy groups -OCH3 is 1. The number of fused-ring (bicyclic) bond motifs is 1. The van der Waals surface area contributed by atoms with Crippen molar-refractivity contribution in [3.63, 3.8) is 0 Å². The Morgan fingerprint density at radius 3 is 2.89 bits per heavy atom. The van der Waals surface area contributed by atoms with Crippen molar-refractivity contribution >= 4 is 17.1 Å². The predicted molar refractivity (Wildman–Crippen MR) is 69.4 cm³/mol. The van der Waals surface area contributed by atoms with E-state index >= 15 is 0 Å². The minimum Gasteiger partial charge on any atom is -0.469 e. The molecule has 1 unspecified atom stereocenters. The summed E-state index contributed by atoms with van der Waals surface area (Å²) in [6.45, 7) is 1.80. The molecule has 1 saturated carbocycles. The molecule has 100 valence electrons. The first-order chi connectivity index (χ1) is 9.06. The maximum Gasteiger partial charge on any atom is 0.313 e. The molecular formula is C14H16N2O3. The first-order valence-electron chi connectivity index (χ1n) is 6.28. The fraction of sp³-hybridized carbons (Fsp3) is 0.429. The van der Waals surface area contributed by atoms with Gasteiger partial charge in [0.2, 0.25) is 0 Å². The second kappa shape index (κ2) is 4.06. The number of carbonyl (C=O) groups is 1. The van der Waals surface area contributed by atoms with Crippen molar-refractivity contribution in [1.29, 1.82) is 0 Å². The summed E-state index contributed by atoms with van der Waals surface area (Å²) >= 11 is 0. The number of ether oxygens (including phenoxy) is 1. The molecule has 5 heteroatoms. The van der Waals surface area contributed by atoms with Crippen molar-refractivity contribution < 1.29 is 13.9 Å². The van der Waals surface area contributed by atoms with Gasteiger partial charge in [0.15, 0.2) is 11.5 Å². The van der Waals surface area contributed by atoms with Gasteiger partial charge >= 0.3 is 5.97 Å². The van der Waals surface area contributed by atoms with E-state index in [0.717, 1.165) is 23.9 Å². The number of hydrogen-bond donors (Lipinski definition) is 1. The van der Waals surface area contributed by atoms with Crippen LogP contribution in [0, 0.1) is 12.3 Å². The number of carbonyl (C=O) groups excluding carboxylic acids is 1. The fourth-order valence-corrected chi connectivity index (χ4v) is 2.55. The van der Waals surface area contributed by atoms with E-state index in [1.165, 1.54) is 7.11 Å². The smallest absolute Gasteiger partial charge is 0.313 e. The minimum absolute atomic E-state index is 0.228. The number of aromatic nitrogens is 1. The minimum atomic E-state index is -0.558. The fourth-order valence-electron chi connectivity index (χ4n) is 2.55. The van der Waals surface area contributed by atoms with Crippen LogP contribution in [-0.2, 0) is 9.53 Å². The van der Waals surface area contributed by atoms with Crippen LogP contribution in [0.4, 0.5) is 0 Å². The summed E-state index contributed by atoms with van der Waals surface area (Å²) in [5.74, 6) is 0.392. The van der Waals surface area contributed by atoms with Gasteiger partial charge in [-0.3, -0.25) is 4.79 Å². The predicted octanol–water partition coefficient (Wildman–Crippen LogP) is 2.09. The van der Waals surface area contributed by atoms with Crippen molar-refractivity contribution in [2.24, 2.45) is 11.1 Å². The lowest BCUT2D eigenvalue weighted by Gasteiger charge is -2.21. The summed E-state index contributed by atoms with van der Waals surface area (Å²) in [7, 11) is 1.40. The van der Waals surface area contributed by atoms with E-state index in [4.69, 9.17) is 14.9 Å². The number of aryl methyl sites for hydroxylation is 1. The second-order valence-electron chi connectivity index (χ2n) is 5.09. The van der Waals surface area contributed by atoms with E-state index in [9.17, 15) is 4.79 Å². The number of oxazole rings is 1.